The first kappa shape index (κ1) is 17.0. The molecule has 5 nitrogen and oxygen atoms in total. The third kappa shape index (κ3) is 3.34. The molecule has 0 aliphatic rings. The van der Waals surface area contributed by atoms with Crippen LogP contribution in [0.2, 0.25) is 0 Å². The Hall–Kier alpha value is -3.39. The zero-order valence-corrected chi connectivity index (χ0v) is 15.3. The summed E-state index contributed by atoms with van der Waals surface area (Å²) in [6, 6.07) is 13.9. The van der Waals surface area contributed by atoms with E-state index in [1.165, 1.54) is 0 Å². The second-order valence-corrected chi connectivity index (χ2v) is 6.36. The predicted octanol–water partition coefficient (Wildman–Crippen LogP) is 3.96. The van der Waals surface area contributed by atoms with Gasteiger partial charge in [-0.05, 0) is 30.5 Å². The van der Waals surface area contributed by atoms with Crippen LogP contribution in [0.5, 0.6) is 0 Å². The molecule has 3 aromatic heterocycles. The Kier molecular flexibility index (Phi) is 4.71. The summed E-state index contributed by atoms with van der Waals surface area (Å²) >= 11 is 0. The number of para-hydroxylation sites is 1. The molecule has 134 valence electrons. The monoisotopic (exact) mass is 355 g/mol. The van der Waals surface area contributed by atoms with Crippen molar-refractivity contribution in [2.45, 2.75) is 32.7 Å². The number of fused-ring (bicyclic) bond motifs is 3. The summed E-state index contributed by atoms with van der Waals surface area (Å²) < 4.78 is 2.28. The van der Waals surface area contributed by atoms with Crippen molar-refractivity contribution in [2.24, 2.45) is 0 Å². The summed E-state index contributed by atoms with van der Waals surface area (Å²) in [7, 11) is 0. The van der Waals surface area contributed by atoms with Gasteiger partial charge < -0.3 is 10.3 Å². The lowest BCUT2D eigenvalue weighted by Crippen LogP contribution is -2.03. The first-order chi connectivity index (χ1) is 13.3. The van der Waals surface area contributed by atoms with Crippen LogP contribution in [0.3, 0.4) is 0 Å². The molecular formula is C22H21N5. The first-order valence-corrected chi connectivity index (χ1v) is 9.21. The number of unbranched alkanes of at least 4 members (excludes halogenated alkanes) is 1. The minimum absolute atomic E-state index is 0.493. The van der Waals surface area contributed by atoms with E-state index in [0.717, 1.165) is 59.3 Å². The van der Waals surface area contributed by atoms with Gasteiger partial charge in [-0.2, -0.15) is 0 Å². The van der Waals surface area contributed by atoms with Crippen molar-refractivity contribution in [1.29, 1.82) is 0 Å². The number of aromatic nitrogens is 4. The van der Waals surface area contributed by atoms with E-state index in [1.54, 1.807) is 6.20 Å². The van der Waals surface area contributed by atoms with Gasteiger partial charge in [-0.15, -0.1) is 0 Å². The van der Waals surface area contributed by atoms with E-state index in [9.17, 15) is 0 Å². The van der Waals surface area contributed by atoms with E-state index in [1.807, 2.05) is 36.4 Å². The number of nitrogens with two attached hydrogens (primary N) is 1. The van der Waals surface area contributed by atoms with Crippen molar-refractivity contribution in [3.63, 3.8) is 0 Å². The summed E-state index contributed by atoms with van der Waals surface area (Å²) in [5, 5.41) is 1.09. The Labute approximate surface area is 158 Å². The van der Waals surface area contributed by atoms with Gasteiger partial charge in [0.25, 0.3) is 0 Å². The molecule has 0 fully saturated rings. The highest BCUT2D eigenvalue weighted by molar-refractivity contribution is 6.06. The molecule has 0 bridgehead atoms. The Morgan fingerprint density at radius 3 is 2.74 bits per heavy atom. The largest absolute Gasteiger partial charge is 0.382 e. The first-order valence-electron chi connectivity index (χ1n) is 9.21. The van der Waals surface area contributed by atoms with Crippen molar-refractivity contribution in [1.82, 2.24) is 19.5 Å². The number of pyridine rings is 2. The molecule has 3 heterocycles. The minimum atomic E-state index is 0.493. The van der Waals surface area contributed by atoms with Crippen molar-refractivity contribution < 1.29 is 0 Å². The van der Waals surface area contributed by atoms with E-state index < -0.39 is 0 Å². The van der Waals surface area contributed by atoms with Gasteiger partial charge in [-0.1, -0.05) is 37.1 Å². The molecule has 0 radical (unpaired) electrons. The fourth-order valence-electron chi connectivity index (χ4n) is 3.33. The van der Waals surface area contributed by atoms with Gasteiger partial charge in [0.2, 0.25) is 0 Å². The second-order valence-electron chi connectivity index (χ2n) is 6.36. The third-order valence-corrected chi connectivity index (χ3v) is 4.57. The lowest BCUT2D eigenvalue weighted by atomic mass is 10.2. The summed E-state index contributed by atoms with van der Waals surface area (Å²) in [4.78, 5) is 13.5. The number of hydrogen-bond donors (Lipinski definition) is 1. The molecule has 0 saturated heterocycles. The number of rotatable bonds is 4. The van der Waals surface area contributed by atoms with Crippen LogP contribution < -0.4 is 5.73 Å². The summed E-state index contributed by atoms with van der Waals surface area (Å²) in [6.45, 7) is 2.97. The number of hydrogen-bond acceptors (Lipinski definition) is 4. The Morgan fingerprint density at radius 2 is 1.93 bits per heavy atom. The van der Waals surface area contributed by atoms with Crippen molar-refractivity contribution in [2.75, 3.05) is 5.73 Å². The lowest BCUT2D eigenvalue weighted by Gasteiger charge is -2.09. The van der Waals surface area contributed by atoms with Crippen LogP contribution in [0.15, 0.2) is 48.7 Å². The second kappa shape index (κ2) is 7.46. The van der Waals surface area contributed by atoms with Crippen molar-refractivity contribution in [3.05, 3.63) is 60.2 Å². The Balaban J connectivity index is 1.64. The normalized spacial score (nSPS) is 10.9. The standard InChI is InChI=1S/C22H21N5/c1-2-19-26-20-21(17-12-5-6-13-18(17)25-22(20)23)27(19)15-9-3-4-10-16-11-7-8-14-24-16/h5-8,11-14H,2-3,9,15H2,1H3,(H2,23,25). The van der Waals surface area contributed by atoms with Gasteiger partial charge in [0, 0.05) is 31.0 Å². The number of nitrogen functional groups attached to an aromatic ring is 1. The summed E-state index contributed by atoms with van der Waals surface area (Å²) in [5.41, 5.74) is 9.77. The topological polar surface area (TPSA) is 69.6 Å². The van der Waals surface area contributed by atoms with Gasteiger partial charge in [-0.25, -0.2) is 15.0 Å². The van der Waals surface area contributed by atoms with Crippen LogP contribution in [0, 0.1) is 11.8 Å². The highest BCUT2D eigenvalue weighted by Gasteiger charge is 2.15. The number of imidazole rings is 1. The fraction of sp³-hybridized carbons (Fsp3) is 0.227. The smallest absolute Gasteiger partial charge is 0.152 e. The molecule has 27 heavy (non-hydrogen) atoms. The highest BCUT2D eigenvalue weighted by Crippen LogP contribution is 2.29. The number of aryl methyl sites for hydroxylation is 2. The molecule has 4 aromatic rings. The molecule has 0 unspecified atom stereocenters. The Bertz CT molecular complexity index is 1150. The van der Waals surface area contributed by atoms with Crippen LogP contribution in [0.25, 0.3) is 21.9 Å². The van der Waals surface area contributed by atoms with Crippen LogP contribution in [0.4, 0.5) is 5.82 Å². The zero-order chi connectivity index (χ0) is 18.6. The summed E-state index contributed by atoms with van der Waals surface area (Å²) in [5.74, 6) is 7.86. The fourth-order valence-corrected chi connectivity index (χ4v) is 3.33. The number of nitrogens with zero attached hydrogens (tertiary/aromatic N) is 4. The van der Waals surface area contributed by atoms with Gasteiger partial charge in [-0.3, -0.25) is 0 Å². The van der Waals surface area contributed by atoms with E-state index >= 15 is 0 Å². The average molecular weight is 355 g/mol. The van der Waals surface area contributed by atoms with Crippen LogP contribution >= 0.6 is 0 Å². The molecule has 0 amide bonds. The molecular weight excluding hydrogens is 334 g/mol. The van der Waals surface area contributed by atoms with Crippen molar-refractivity contribution in [3.8, 4) is 11.8 Å². The van der Waals surface area contributed by atoms with E-state index in [-0.39, 0.29) is 0 Å². The van der Waals surface area contributed by atoms with Crippen molar-refractivity contribution >= 4 is 27.8 Å². The predicted molar refractivity (Wildman–Crippen MR) is 109 cm³/mol. The highest BCUT2D eigenvalue weighted by atomic mass is 15.1. The molecule has 5 heteroatoms. The minimum Gasteiger partial charge on any atom is -0.382 e. The molecule has 1 aromatic carbocycles. The van der Waals surface area contributed by atoms with E-state index in [0.29, 0.717) is 5.82 Å². The molecule has 0 aliphatic heterocycles. The molecule has 0 atom stereocenters. The number of benzene rings is 1. The van der Waals surface area contributed by atoms with Gasteiger partial charge >= 0.3 is 0 Å². The Morgan fingerprint density at radius 1 is 1.07 bits per heavy atom. The molecule has 4 rings (SSSR count). The van der Waals surface area contributed by atoms with Gasteiger partial charge in [0.1, 0.15) is 17.0 Å². The number of anilines is 1. The molecule has 0 aliphatic carbocycles. The van der Waals surface area contributed by atoms with Crippen LogP contribution in [-0.4, -0.2) is 19.5 Å². The van der Waals surface area contributed by atoms with Crippen LogP contribution in [0.1, 0.15) is 31.3 Å². The SMILES string of the molecule is CCc1nc2c(N)nc3ccccc3c2n1CCCC#Cc1ccccn1. The van der Waals surface area contributed by atoms with E-state index in [2.05, 4.69) is 39.4 Å². The maximum absolute atomic E-state index is 6.18. The van der Waals surface area contributed by atoms with Gasteiger partial charge in [0.15, 0.2) is 5.82 Å². The zero-order valence-electron chi connectivity index (χ0n) is 15.3. The van der Waals surface area contributed by atoms with E-state index in [4.69, 9.17) is 10.7 Å². The lowest BCUT2D eigenvalue weighted by molar-refractivity contribution is 0.641. The molecule has 0 saturated carbocycles. The average Bonchev–Trinajstić information content (AvgIpc) is 3.08. The molecule has 0 spiro atoms. The molecule has 2 N–H and O–H groups in total. The third-order valence-electron chi connectivity index (χ3n) is 4.57. The maximum Gasteiger partial charge on any atom is 0.152 e. The van der Waals surface area contributed by atoms with Gasteiger partial charge in [0.05, 0.1) is 11.0 Å². The van der Waals surface area contributed by atoms with Crippen LogP contribution in [-0.2, 0) is 13.0 Å². The summed E-state index contributed by atoms with van der Waals surface area (Å²) in [6.07, 6.45) is 4.35. The maximum atomic E-state index is 6.18. The quantitative estimate of drug-likeness (QED) is 0.444.